The number of nitrogens with zero attached hydrogens (tertiary/aromatic N) is 2. The molecule has 1 aliphatic heterocycles. The van der Waals surface area contributed by atoms with Crippen molar-refractivity contribution in [2.24, 2.45) is 0 Å². The summed E-state index contributed by atoms with van der Waals surface area (Å²) in [7, 11) is 0. The topological polar surface area (TPSA) is 81.6 Å². The van der Waals surface area contributed by atoms with E-state index in [2.05, 4.69) is 0 Å². The van der Waals surface area contributed by atoms with E-state index in [1.165, 1.54) is 6.07 Å². The number of nitro benzene ring substituents is 1. The van der Waals surface area contributed by atoms with Gasteiger partial charge in [-0.25, -0.2) is 0 Å². The predicted octanol–water partition coefficient (Wildman–Crippen LogP) is 1.01. The van der Waals surface area contributed by atoms with Crippen molar-refractivity contribution in [1.29, 1.82) is 0 Å². The van der Waals surface area contributed by atoms with Gasteiger partial charge in [0, 0.05) is 36.6 Å². The molecular formula is C10H13N3O3. The van der Waals surface area contributed by atoms with Crippen molar-refractivity contribution in [2.75, 3.05) is 36.9 Å². The summed E-state index contributed by atoms with van der Waals surface area (Å²) < 4.78 is 5.22. The molecule has 1 aromatic rings. The lowest BCUT2D eigenvalue weighted by Crippen LogP contribution is -2.36. The van der Waals surface area contributed by atoms with Gasteiger partial charge in [-0.1, -0.05) is 0 Å². The summed E-state index contributed by atoms with van der Waals surface area (Å²) in [4.78, 5) is 12.3. The van der Waals surface area contributed by atoms with Crippen molar-refractivity contribution in [3.63, 3.8) is 0 Å². The molecule has 86 valence electrons. The summed E-state index contributed by atoms with van der Waals surface area (Å²) in [6.45, 7) is 2.76. The second-order valence-electron chi connectivity index (χ2n) is 3.64. The zero-order chi connectivity index (χ0) is 11.5. The van der Waals surface area contributed by atoms with E-state index >= 15 is 0 Å². The van der Waals surface area contributed by atoms with E-state index in [1.807, 2.05) is 4.90 Å². The van der Waals surface area contributed by atoms with Gasteiger partial charge in [0.05, 0.1) is 18.1 Å². The second kappa shape index (κ2) is 4.36. The zero-order valence-electron chi connectivity index (χ0n) is 8.76. The van der Waals surface area contributed by atoms with E-state index < -0.39 is 4.92 Å². The van der Waals surface area contributed by atoms with Crippen LogP contribution >= 0.6 is 0 Å². The summed E-state index contributed by atoms with van der Waals surface area (Å²) in [5.74, 6) is 0. The van der Waals surface area contributed by atoms with E-state index in [0.717, 1.165) is 18.8 Å². The first-order valence-electron chi connectivity index (χ1n) is 5.04. The highest BCUT2D eigenvalue weighted by atomic mass is 16.6. The minimum absolute atomic E-state index is 0.0292. The molecule has 0 aromatic heterocycles. The normalized spacial score (nSPS) is 16.1. The standard InChI is InChI=1S/C10H13N3O3/c11-8-5-9(7-10(6-8)13(14)15)12-1-3-16-4-2-12/h5-7H,1-4,11H2. The van der Waals surface area contributed by atoms with Crippen molar-refractivity contribution in [1.82, 2.24) is 0 Å². The molecule has 0 atom stereocenters. The molecule has 1 heterocycles. The molecule has 0 aliphatic carbocycles. The van der Waals surface area contributed by atoms with Crippen LogP contribution in [-0.4, -0.2) is 31.2 Å². The van der Waals surface area contributed by atoms with E-state index in [9.17, 15) is 10.1 Å². The number of morpholine rings is 1. The van der Waals surface area contributed by atoms with Crippen LogP contribution in [0.5, 0.6) is 0 Å². The monoisotopic (exact) mass is 223 g/mol. The summed E-state index contributed by atoms with van der Waals surface area (Å²) in [5, 5.41) is 10.7. The average molecular weight is 223 g/mol. The fourth-order valence-corrected chi connectivity index (χ4v) is 1.73. The molecule has 6 heteroatoms. The first-order chi connectivity index (χ1) is 7.66. The predicted molar refractivity (Wildman–Crippen MR) is 60.5 cm³/mol. The van der Waals surface area contributed by atoms with Crippen LogP contribution in [0.4, 0.5) is 17.1 Å². The Morgan fingerprint density at radius 2 is 2.00 bits per heavy atom. The van der Waals surface area contributed by atoms with E-state index in [0.29, 0.717) is 18.9 Å². The molecule has 0 unspecified atom stereocenters. The molecule has 0 radical (unpaired) electrons. The van der Waals surface area contributed by atoms with Gasteiger partial charge < -0.3 is 15.4 Å². The largest absolute Gasteiger partial charge is 0.398 e. The van der Waals surface area contributed by atoms with Crippen molar-refractivity contribution in [2.45, 2.75) is 0 Å². The highest BCUT2D eigenvalue weighted by Gasteiger charge is 2.15. The van der Waals surface area contributed by atoms with Gasteiger partial charge in [0.25, 0.3) is 5.69 Å². The molecule has 6 nitrogen and oxygen atoms in total. The van der Waals surface area contributed by atoms with E-state index in [-0.39, 0.29) is 5.69 Å². The number of non-ortho nitro benzene ring substituents is 1. The van der Waals surface area contributed by atoms with Crippen LogP contribution in [0.2, 0.25) is 0 Å². The van der Waals surface area contributed by atoms with Crippen LogP contribution in [0, 0.1) is 10.1 Å². The number of hydrogen-bond acceptors (Lipinski definition) is 5. The van der Waals surface area contributed by atoms with Crippen molar-refractivity contribution in [3.05, 3.63) is 28.3 Å². The molecule has 2 rings (SSSR count). The van der Waals surface area contributed by atoms with Gasteiger partial charge in [-0.15, -0.1) is 0 Å². The highest BCUT2D eigenvalue weighted by Crippen LogP contribution is 2.25. The number of hydrogen-bond donors (Lipinski definition) is 1. The first kappa shape index (κ1) is 10.7. The van der Waals surface area contributed by atoms with Gasteiger partial charge in [-0.05, 0) is 6.07 Å². The van der Waals surface area contributed by atoms with Crippen LogP contribution in [0.25, 0.3) is 0 Å². The van der Waals surface area contributed by atoms with Gasteiger partial charge >= 0.3 is 0 Å². The maximum atomic E-state index is 10.7. The summed E-state index contributed by atoms with van der Waals surface area (Å²) in [6.07, 6.45) is 0. The molecule has 2 N–H and O–H groups in total. The molecule has 0 saturated carbocycles. The van der Waals surface area contributed by atoms with Crippen LogP contribution in [0.3, 0.4) is 0 Å². The maximum absolute atomic E-state index is 10.7. The van der Waals surface area contributed by atoms with Crippen molar-refractivity contribution >= 4 is 17.1 Å². The minimum atomic E-state index is -0.430. The third-order valence-electron chi connectivity index (χ3n) is 2.51. The summed E-state index contributed by atoms with van der Waals surface area (Å²) in [6, 6.07) is 4.66. The number of nitrogens with two attached hydrogens (primary N) is 1. The van der Waals surface area contributed by atoms with E-state index in [1.54, 1.807) is 12.1 Å². The Labute approximate surface area is 92.8 Å². The zero-order valence-corrected chi connectivity index (χ0v) is 8.76. The Kier molecular flexibility index (Phi) is 2.91. The smallest absolute Gasteiger partial charge is 0.273 e. The molecule has 0 spiro atoms. The Balaban J connectivity index is 2.28. The third-order valence-corrected chi connectivity index (χ3v) is 2.51. The number of ether oxygens (including phenoxy) is 1. The maximum Gasteiger partial charge on any atom is 0.273 e. The lowest BCUT2D eigenvalue weighted by Gasteiger charge is -2.28. The van der Waals surface area contributed by atoms with Crippen molar-refractivity contribution in [3.8, 4) is 0 Å². The number of anilines is 2. The lowest BCUT2D eigenvalue weighted by molar-refractivity contribution is -0.384. The molecule has 1 aliphatic rings. The Bertz CT molecular complexity index is 402. The third kappa shape index (κ3) is 2.22. The number of rotatable bonds is 2. The van der Waals surface area contributed by atoms with Crippen molar-refractivity contribution < 1.29 is 9.66 Å². The average Bonchev–Trinajstić information content (AvgIpc) is 2.29. The quantitative estimate of drug-likeness (QED) is 0.459. The highest BCUT2D eigenvalue weighted by molar-refractivity contribution is 5.62. The molecule has 0 amide bonds. The molecule has 0 bridgehead atoms. The molecular weight excluding hydrogens is 210 g/mol. The van der Waals surface area contributed by atoms with Gasteiger partial charge in [0.2, 0.25) is 0 Å². The summed E-state index contributed by atoms with van der Waals surface area (Å²) in [5.41, 5.74) is 6.87. The summed E-state index contributed by atoms with van der Waals surface area (Å²) >= 11 is 0. The van der Waals surface area contributed by atoms with Crippen LogP contribution in [-0.2, 0) is 4.74 Å². The van der Waals surface area contributed by atoms with Gasteiger partial charge in [0.1, 0.15) is 0 Å². The molecule has 1 saturated heterocycles. The van der Waals surface area contributed by atoms with Gasteiger partial charge in [-0.2, -0.15) is 0 Å². The lowest BCUT2D eigenvalue weighted by atomic mass is 10.2. The number of nitro groups is 1. The number of nitrogen functional groups attached to an aromatic ring is 1. The number of benzene rings is 1. The second-order valence-corrected chi connectivity index (χ2v) is 3.64. The Hall–Kier alpha value is -1.82. The van der Waals surface area contributed by atoms with Gasteiger partial charge in [-0.3, -0.25) is 10.1 Å². The van der Waals surface area contributed by atoms with Crippen LogP contribution < -0.4 is 10.6 Å². The first-order valence-corrected chi connectivity index (χ1v) is 5.04. The minimum Gasteiger partial charge on any atom is -0.398 e. The molecule has 16 heavy (non-hydrogen) atoms. The van der Waals surface area contributed by atoms with Crippen LogP contribution in [0.1, 0.15) is 0 Å². The van der Waals surface area contributed by atoms with Crippen LogP contribution in [0.15, 0.2) is 18.2 Å². The Morgan fingerprint density at radius 1 is 1.31 bits per heavy atom. The Morgan fingerprint density at radius 3 is 2.62 bits per heavy atom. The molecule has 1 aromatic carbocycles. The van der Waals surface area contributed by atoms with Gasteiger partial charge in [0.15, 0.2) is 0 Å². The van der Waals surface area contributed by atoms with E-state index in [4.69, 9.17) is 10.5 Å². The SMILES string of the molecule is Nc1cc(N2CCOCC2)cc([N+](=O)[O-])c1. The fourth-order valence-electron chi connectivity index (χ4n) is 1.73. The fraction of sp³-hybridized carbons (Fsp3) is 0.400. The molecule has 1 fully saturated rings.